The van der Waals surface area contributed by atoms with Crippen LogP contribution in [0.25, 0.3) is 10.9 Å². The van der Waals surface area contributed by atoms with E-state index in [0.717, 1.165) is 11.8 Å². The summed E-state index contributed by atoms with van der Waals surface area (Å²) in [5, 5.41) is 1.46. The van der Waals surface area contributed by atoms with Crippen LogP contribution in [0.3, 0.4) is 0 Å². The number of piperidine rings is 1. The van der Waals surface area contributed by atoms with Crippen LogP contribution in [0.4, 0.5) is 0 Å². The van der Waals surface area contributed by atoms with Crippen LogP contribution in [0.5, 0.6) is 0 Å². The molecule has 2 atom stereocenters. The summed E-state index contributed by atoms with van der Waals surface area (Å²) in [6.07, 6.45) is 3.93. The maximum absolute atomic E-state index is 3.66. The van der Waals surface area contributed by atoms with E-state index >= 15 is 0 Å². The van der Waals surface area contributed by atoms with Crippen molar-refractivity contribution in [3.63, 3.8) is 0 Å². The number of nitrogens with zero attached hydrogens (tertiary/aromatic N) is 1. The average Bonchev–Trinajstić information content (AvgIpc) is 2.82. The lowest BCUT2D eigenvalue weighted by molar-refractivity contribution is 0.116. The molecule has 2 heteroatoms. The second-order valence-corrected chi connectivity index (χ2v) is 6.24. The standard InChI is InChI=1S/C17H22N2/c1-2-19-8-7-12-10-17-15(9-13(12)11-19)14-5-3-4-6-16(14)18-17/h3-6,12-13,18H,2,7-11H2,1H3/t12-,13-/m0/s1. The summed E-state index contributed by atoms with van der Waals surface area (Å²) in [4.78, 5) is 6.29. The molecule has 1 aliphatic carbocycles. The number of H-pyrrole nitrogens is 1. The van der Waals surface area contributed by atoms with Crippen LogP contribution in [0.15, 0.2) is 24.3 Å². The van der Waals surface area contributed by atoms with Crippen LogP contribution in [0, 0.1) is 11.8 Å². The molecule has 0 bridgehead atoms. The zero-order valence-corrected chi connectivity index (χ0v) is 11.7. The Kier molecular flexibility index (Phi) is 2.66. The molecule has 1 aromatic carbocycles. The van der Waals surface area contributed by atoms with Crippen molar-refractivity contribution in [2.75, 3.05) is 19.6 Å². The van der Waals surface area contributed by atoms with E-state index in [1.165, 1.54) is 55.5 Å². The molecule has 1 aromatic heterocycles. The highest BCUT2D eigenvalue weighted by Gasteiger charge is 2.34. The maximum Gasteiger partial charge on any atom is 0.0458 e. The Morgan fingerprint density at radius 3 is 3.00 bits per heavy atom. The van der Waals surface area contributed by atoms with E-state index in [0.29, 0.717) is 0 Å². The number of hydrogen-bond donors (Lipinski definition) is 1. The highest BCUT2D eigenvalue weighted by Crippen LogP contribution is 2.38. The first-order chi connectivity index (χ1) is 9.35. The summed E-state index contributed by atoms with van der Waals surface area (Å²) in [5.41, 5.74) is 4.46. The molecule has 0 spiro atoms. The SMILES string of the molecule is CCN1CC[C@H]2Cc3[nH]c4ccccc4c3C[C@H]2C1. The fourth-order valence-corrected chi connectivity index (χ4v) is 4.13. The summed E-state index contributed by atoms with van der Waals surface area (Å²) in [7, 11) is 0. The number of nitrogens with one attached hydrogen (secondary N) is 1. The van der Waals surface area contributed by atoms with Gasteiger partial charge in [-0.3, -0.25) is 0 Å². The van der Waals surface area contributed by atoms with Gasteiger partial charge in [-0.15, -0.1) is 0 Å². The van der Waals surface area contributed by atoms with Crippen LogP contribution in [0.2, 0.25) is 0 Å². The van der Waals surface area contributed by atoms with E-state index in [9.17, 15) is 0 Å². The van der Waals surface area contributed by atoms with E-state index in [-0.39, 0.29) is 0 Å². The molecule has 2 heterocycles. The highest BCUT2D eigenvalue weighted by atomic mass is 15.1. The fraction of sp³-hybridized carbons (Fsp3) is 0.529. The van der Waals surface area contributed by atoms with Gasteiger partial charge in [0.25, 0.3) is 0 Å². The van der Waals surface area contributed by atoms with E-state index in [1.54, 1.807) is 5.56 Å². The number of hydrogen-bond acceptors (Lipinski definition) is 1. The molecule has 19 heavy (non-hydrogen) atoms. The van der Waals surface area contributed by atoms with Crippen LogP contribution >= 0.6 is 0 Å². The molecule has 1 fully saturated rings. The molecule has 1 aliphatic heterocycles. The molecular weight excluding hydrogens is 232 g/mol. The van der Waals surface area contributed by atoms with E-state index < -0.39 is 0 Å². The van der Waals surface area contributed by atoms with E-state index in [4.69, 9.17) is 0 Å². The van der Waals surface area contributed by atoms with Crippen LogP contribution < -0.4 is 0 Å². The Labute approximate surface area is 114 Å². The first-order valence-corrected chi connectivity index (χ1v) is 7.66. The Morgan fingerprint density at radius 1 is 1.21 bits per heavy atom. The lowest BCUT2D eigenvalue weighted by Gasteiger charge is -2.40. The molecule has 4 rings (SSSR count). The Morgan fingerprint density at radius 2 is 2.11 bits per heavy atom. The third-order valence-corrected chi connectivity index (χ3v) is 5.26. The third kappa shape index (κ3) is 1.81. The normalized spacial score (nSPS) is 27.2. The average molecular weight is 254 g/mol. The number of aromatic nitrogens is 1. The number of likely N-dealkylation sites (tertiary alicyclic amines) is 1. The Bertz CT molecular complexity index is 598. The minimum atomic E-state index is 0.875. The van der Waals surface area contributed by atoms with Gasteiger partial charge in [0.05, 0.1) is 0 Å². The largest absolute Gasteiger partial charge is 0.358 e. The van der Waals surface area contributed by atoms with E-state index in [2.05, 4.69) is 41.1 Å². The summed E-state index contributed by atoms with van der Waals surface area (Å²) < 4.78 is 0. The monoisotopic (exact) mass is 254 g/mol. The van der Waals surface area contributed by atoms with Gasteiger partial charge in [0, 0.05) is 23.1 Å². The van der Waals surface area contributed by atoms with Gasteiger partial charge in [0.15, 0.2) is 0 Å². The van der Waals surface area contributed by atoms with Gasteiger partial charge >= 0.3 is 0 Å². The number of para-hydroxylation sites is 1. The van der Waals surface area contributed by atoms with Crippen LogP contribution in [-0.4, -0.2) is 29.5 Å². The second-order valence-electron chi connectivity index (χ2n) is 6.24. The molecule has 0 radical (unpaired) electrons. The molecule has 1 saturated heterocycles. The third-order valence-electron chi connectivity index (χ3n) is 5.26. The van der Waals surface area contributed by atoms with Crippen molar-refractivity contribution in [3.05, 3.63) is 35.5 Å². The minimum absolute atomic E-state index is 0.875. The molecule has 1 N–H and O–H groups in total. The Hall–Kier alpha value is -1.28. The molecule has 2 aliphatic rings. The zero-order valence-electron chi connectivity index (χ0n) is 11.7. The number of benzene rings is 1. The van der Waals surface area contributed by atoms with Crippen molar-refractivity contribution >= 4 is 10.9 Å². The fourth-order valence-electron chi connectivity index (χ4n) is 4.13. The van der Waals surface area contributed by atoms with E-state index in [1.807, 2.05) is 0 Å². The molecule has 2 nitrogen and oxygen atoms in total. The van der Waals surface area contributed by atoms with Gasteiger partial charge in [-0.1, -0.05) is 25.1 Å². The predicted octanol–water partition coefficient (Wildman–Crippen LogP) is 3.22. The summed E-state index contributed by atoms with van der Waals surface area (Å²) >= 11 is 0. The highest BCUT2D eigenvalue weighted by molar-refractivity contribution is 5.84. The first-order valence-electron chi connectivity index (χ1n) is 7.66. The lowest BCUT2D eigenvalue weighted by atomic mass is 9.74. The van der Waals surface area contributed by atoms with Gasteiger partial charge in [-0.2, -0.15) is 0 Å². The predicted molar refractivity (Wildman–Crippen MR) is 79.4 cm³/mol. The van der Waals surface area contributed by atoms with Crippen LogP contribution in [-0.2, 0) is 12.8 Å². The summed E-state index contributed by atoms with van der Waals surface area (Å²) in [6.45, 7) is 6.11. The number of rotatable bonds is 1. The lowest BCUT2D eigenvalue weighted by Crippen LogP contribution is -2.43. The van der Waals surface area contributed by atoms with Gasteiger partial charge < -0.3 is 9.88 Å². The van der Waals surface area contributed by atoms with Crippen molar-refractivity contribution in [2.24, 2.45) is 11.8 Å². The molecule has 2 aromatic rings. The van der Waals surface area contributed by atoms with Crippen molar-refractivity contribution in [2.45, 2.75) is 26.2 Å². The van der Waals surface area contributed by atoms with Crippen molar-refractivity contribution in [1.29, 1.82) is 0 Å². The number of fused-ring (bicyclic) bond motifs is 4. The smallest absolute Gasteiger partial charge is 0.0458 e. The summed E-state index contributed by atoms with van der Waals surface area (Å²) in [5.74, 6) is 1.78. The summed E-state index contributed by atoms with van der Waals surface area (Å²) in [6, 6.07) is 8.80. The van der Waals surface area contributed by atoms with Gasteiger partial charge in [-0.25, -0.2) is 0 Å². The van der Waals surface area contributed by atoms with Crippen molar-refractivity contribution in [3.8, 4) is 0 Å². The van der Waals surface area contributed by atoms with Gasteiger partial charge in [-0.05, 0) is 55.8 Å². The molecule has 0 amide bonds. The maximum atomic E-state index is 3.66. The van der Waals surface area contributed by atoms with Gasteiger partial charge in [0.2, 0.25) is 0 Å². The van der Waals surface area contributed by atoms with Crippen molar-refractivity contribution < 1.29 is 0 Å². The van der Waals surface area contributed by atoms with Crippen LogP contribution in [0.1, 0.15) is 24.6 Å². The van der Waals surface area contributed by atoms with Crippen molar-refractivity contribution in [1.82, 2.24) is 9.88 Å². The molecule has 0 unspecified atom stereocenters. The Balaban J connectivity index is 1.71. The van der Waals surface area contributed by atoms with Gasteiger partial charge in [0.1, 0.15) is 0 Å². The topological polar surface area (TPSA) is 19.0 Å². The minimum Gasteiger partial charge on any atom is -0.358 e. The first kappa shape index (κ1) is 11.5. The zero-order chi connectivity index (χ0) is 12.8. The quantitative estimate of drug-likeness (QED) is 0.828. The molecular formula is C17H22N2. The second kappa shape index (κ2) is 4.38. The number of aromatic amines is 1. The molecule has 100 valence electrons. The molecule has 0 saturated carbocycles.